The van der Waals surface area contributed by atoms with Gasteiger partial charge >= 0.3 is 0 Å². The molecule has 0 unspecified atom stereocenters. The van der Waals surface area contributed by atoms with Crippen molar-refractivity contribution in [1.29, 1.82) is 0 Å². The van der Waals surface area contributed by atoms with Crippen LogP contribution in [0.1, 0.15) is 11.1 Å². The van der Waals surface area contributed by atoms with Gasteiger partial charge in [0, 0.05) is 49.6 Å². The summed E-state index contributed by atoms with van der Waals surface area (Å²) in [5.74, 6) is 1.61. The zero-order valence-corrected chi connectivity index (χ0v) is 19.0. The van der Waals surface area contributed by atoms with Gasteiger partial charge in [0.25, 0.3) is 0 Å². The first kappa shape index (κ1) is 21.4. The first-order valence-corrected chi connectivity index (χ1v) is 11.2. The van der Waals surface area contributed by atoms with Gasteiger partial charge in [-0.1, -0.05) is 24.3 Å². The topological polar surface area (TPSA) is 62.8 Å². The number of anilines is 2. The first-order valence-electron chi connectivity index (χ1n) is 11.2. The SMILES string of the molecule is COCc1c(-c2ccccc2N2C=NCC2)oc(-c2ccccc2N2C=NCC2)c1COC. The molecule has 2 aliphatic heterocycles. The maximum atomic E-state index is 6.72. The molecule has 0 fully saturated rings. The Balaban J connectivity index is 1.71. The van der Waals surface area contributed by atoms with Crippen molar-refractivity contribution in [2.24, 2.45) is 9.98 Å². The zero-order chi connectivity index (χ0) is 22.6. The molecule has 3 aromatic rings. The lowest BCUT2D eigenvalue weighted by Crippen LogP contribution is -2.19. The lowest BCUT2D eigenvalue weighted by Gasteiger charge is -2.18. The minimum absolute atomic E-state index is 0.424. The summed E-state index contributed by atoms with van der Waals surface area (Å²) in [7, 11) is 3.42. The van der Waals surface area contributed by atoms with Crippen molar-refractivity contribution in [2.75, 3.05) is 50.2 Å². The highest BCUT2D eigenvalue weighted by Gasteiger charge is 2.27. The van der Waals surface area contributed by atoms with Crippen molar-refractivity contribution in [3.63, 3.8) is 0 Å². The second-order valence-corrected chi connectivity index (χ2v) is 8.05. The number of hydrogen-bond donors (Lipinski definition) is 0. The summed E-state index contributed by atoms with van der Waals surface area (Å²) in [6, 6.07) is 16.6. The molecule has 0 saturated heterocycles. The van der Waals surface area contributed by atoms with E-state index in [0.29, 0.717) is 13.2 Å². The van der Waals surface area contributed by atoms with Crippen LogP contribution in [0.2, 0.25) is 0 Å². The van der Waals surface area contributed by atoms with Gasteiger partial charge in [0.2, 0.25) is 0 Å². The van der Waals surface area contributed by atoms with Crippen molar-refractivity contribution >= 4 is 24.1 Å². The molecule has 2 aromatic carbocycles. The molecule has 33 heavy (non-hydrogen) atoms. The molecule has 0 bridgehead atoms. The molecule has 5 rings (SSSR count). The molecule has 7 nitrogen and oxygen atoms in total. The summed E-state index contributed by atoms with van der Waals surface area (Å²) >= 11 is 0. The van der Waals surface area contributed by atoms with Crippen LogP contribution in [-0.4, -0.2) is 53.1 Å². The second-order valence-electron chi connectivity index (χ2n) is 8.05. The van der Waals surface area contributed by atoms with Crippen LogP contribution in [0.4, 0.5) is 11.4 Å². The number of aliphatic imine (C=N–C) groups is 2. The monoisotopic (exact) mass is 444 g/mol. The number of para-hydroxylation sites is 2. The molecule has 0 saturated carbocycles. The highest BCUT2D eigenvalue weighted by molar-refractivity contribution is 5.92. The molecule has 0 aliphatic carbocycles. The van der Waals surface area contributed by atoms with Crippen molar-refractivity contribution in [2.45, 2.75) is 13.2 Å². The van der Waals surface area contributed by atoms with E-state index in [0.717, 1.165) is 71.3 Å². The van der Waals surface area contributed by atoms with Gasteiger partial charge in [-0.2, -0.15) is 0 Å². The van der Waals surface area contributed by atoms with Gasteiger partial charge in [-0.05, 0) is 24.3 Å². The normalized spacial score (nSPS) is 15.2. The Labute approximate surface area is 194 Å². The molecule has 0 N–H and O–H groups in total. The van der Waals surface area contributed by atoms with Gasteiger partial charge in [0.1, 0.15) is 11.5 Å². The number of nitrogens with zero attached hydrogens (tertiary/aromatic N) is 4. The first-order chi connectivity index (χ1) is 16.3. The molecular weight excluding hydrogens is 416 g/mol. The standard InChI is InChI=1S/C26H28N4O3/c1-31-15-21-22(16-32-2)26(20-8-4-6-10-24(20)30-14-12-28-18-30)33-25(21)19-7-3-5-9-23(19)29-13-11-27-17-29/h3-10,17-18H,11-16H2,1-2H3. The van der Waals surface area contributed by atoms with Crippen LogP contribution in [0, 0.1) is 0 Å². The third-order valence-corrected chi connectivity index (χ3v) is 5.99. The van der Waals surface area contributed by atoms with Crippen LogP contribution in [-0.2, 0) is 22.7 Å². The molecule has 0 spiro atoms. The predicted octanol–water partition coefficient (Wildman–Crippen LogP) is 4.60. The van der Waals surface area contributed by atoms with E-state index in [1.165, 1.54) is 0 Å². The van der Waals surface area contributed by atoms with Gasteiger partial charge in [0.15, 0.2) is 0 Å². The van der Waals surface area contributed by atoms with Crippen LogP contribution < -0.4 is 9.80 Å². The Morgan fingerprint density at radius 3 is 1.58 bits per heavy atom. The third kappa shape index (κ3) is 4.05. The van der Waals surface area contributed by atoms with E-state index < -0.39 is 0 Å². The summed E-state index contributed by atoms with van der Waals surface area (Å²) in [6.45, 7) is 4.14. The van der Waals surface area contributed by atoms with E-state index in [2.05, 4.69) is 44.1 Å². The molecular formula is C26H28N4O3. The molecule has 7 heteroatoms. The van der Waals surface area contributed by atoms with Crippen LogP contribution in [0.3, 0.4) is 0 Å². The van der Waals surface area contributed by atoms with Gasteiger partial charge in [0.05, 0.1) is 50.4 Å². The fourth-order valence-electron chi connectivity index (χ4n) is 4.48. The summed E-state index contributed by atoms with van der Waals surface area (Å²) in [5.41, 5.74) is 6.18. The largest absolute Gasteiger partial charge is 0.455 e. The summed E-state index contributed by atoms with van der Waals surface area (Å²) in [5, 5.41) is 0. The minimum atomic E-state index is 0.424. The molecule has 0 amide bonds. The van der Waals surface area contributed by atoms with Crippen LogP contribution >= 0.6 is 0 Å². The predicted molar refractivity (Wildman–Crippen MR) is 132 cm³/mol. The van der Waals surface area contributed by atoms with E-state index in [1.54, 1.807) is 14.2 Å². The number of benzene rings is 2. The third-order valence-electron chi connectivity index (χ3n) is 5.99. The van der Waals surface area contributed by atoms with Crippen LogP contribution in [0.15, 0.2) is 62.9 Å². The van der Waals surface area contributed by atoms with Crippen molar-refractivity contribution in [1.82, 2.24) is 0 Å². The molecule has 1 aromatic heterocycles. The average Bonchev–Trinajstić information content (AvgIpc) is 3.62. The zero-order valence-electron chi connectivity index (χ0n) is 19.0. The average molecular weight is 445 g/mol. The fourth-order valence-corrected chi connectivity index (χ4v) is 4.48. The number of furan rings is 1. The molecule has 0 radical (unpaired) electrons. The van der Waals surface area contributed by atoms with E-state index >= 15 is 0 Å². The van der Waals surface area contributed by atoms with Crippen molar-refractivity contribution < 1.29 is 13.9 Å². The van der Waals surface area contributed by atoms with Crippen LogP contribution in [0.5, 0.6) is 0 Å². The Morgan fingerprint density at radius 2 is 1.18 bits per heavy atom. The smallest absolute Gasteiger partial charge is 0.142 e. The highest BCUT2D eigenvalue weighted by atomic mass is 16.5. The second kappa shape index (κ2) is 9.60. The van der Waals surface area contributed by atoms with Crippen LogP contribution in [0.25, 0.3) is 22.6 Å². The number of ether oxygens (including phenoxy) is 2. The van der Waals surface area contributed by atoms with Gasteiger partial charge in [-0.25, -0.2) is 0 Å². The van der Waals surface area contributed by atoms with E-state index in [9.17, 15) is 0 Å². The molecule has 170 valence electrons. The fraction of sp³-hybridized carbons (Fsp3) is 0.308. The van der Waals surface area contributed by atoms with E-state index in [-0.39, 0.29) is 0 Å². The Hall–Kier alpha value is -3.42. The maximum Gasteiger partial charge on any atom is 0.142 e. The van der Waals surface area contributed by atoms with E-state index in [1.807, 2.05) is 36.9 Å². The number of hydrogen-bond acceptors (Lipinski definition) is 7. The Kier molecular flexibility index (Phi) is 6.24. The Morgan fingerprint density at radius 1 is 0.727 bits per heavy atom. The van der Waals surface area contributed by atoms with E-state index in [4.69, 9.17) is 13.9 Å². The lowest BCUT2D eigenvalue weighted by molar-refractivity contribution is 0.169. The summed E-state index contributed by atoms with van der Waals surface area (Å²) in [4.78, 5) is 13.1. The molecule has 3 heterocycles. The van der Waals surface area contributed by atoms with Gasteiger partial charge in [-0.15, -0.1) is 0 Å². The highest BCUT2D eigenvalue weighted by Crippen LogP contribution is 2.44. The van der Waals surface area contributed by atoms with Gasteiger partial charge < -0.3 is 23.7 Å². The number of rotatable bonds is 8. The van der Waals surface area contributed by atoms with Crippen molar-refractivity contribution in [3.05, 3.63) is 59.7 Å². The quantitative estimate of drug-likeness (QED) is 0.508. The molecule has 0 atom stereocenters. The number of methoxy groups -OCH3 is 2. The minimum Gasteiger partial charge on any atom is -0.455 e. The lowest BCUT2D eigenvalue weighted by atomic mass is 10.00. The summed E-state index contributed by atoms with van der Waals surface area (Å²) < 4.78 is 18.0. The molecule has 2 aliphatic rings. The maximum absolute atomic E-state index is 6.72. The van der Waals surface area contributed by atoms with Crippen molar-refractivity contribution in [3.8, 4) is 22.6 Å². The summed E-state index contributed by atoms with van der Waals surface area (Å²) in [6.07, 6.45) is 3.80. The van der Waals surface area contributed by atoms with Gasteiger partial charge in [-0.3, -0.25) is 9.98 Å². The Bertz CT molecular complexity index is 1090.